The van der Waals surface area contributed by atoms with Gasteiger partial charge in [0.1, 0.15) is 22.7 Å². The Labute approximate surface area is 205 Å². The summed E-state index contributed by atoms with van der Waals surface area (Å²) in [6, 6.07) is 12.3. The van der Waals surface area contributed by atoms with Gasteiger partial charge >= 0.3 is 6.18 Å². The summed E-state index contributed by atoms with van der Waals surface area (Å²) in [5.41, 5.74) is -3.42. The molecule has 10 nitrogen and oxygen atoms in total. The molecule has 0 saturated heterocycles. The predicted octanol–water partition coefficient (Wildman–Crippen LogP) is 3.25. The number of H-pyrrole nitrogens is 1. The van der Waals surface area contributed by atoms with Crippen LogP contribution in [0.5, 0.6) is 5.75 Å². The van der Waals surface area contributed by atoms with Crippen molar-refractivity contribution in [2.45, 2.75) is 6.18 Å². The lowest BCUT2D eigenvalue weighted by molar-refractivity contribution is -0.140. The summed E-state index contributed by atoms with van der Waals surface area (Å²) in [4.78, 5) is 33.6. The minimum absolute atomic E-state index is 0.126. The molecule has 0 atom stereocenters. The molecule has 190 valence electrons. The summed E-state index contributed by atoms with van der Waals surface area (Å²) in [5.74, 6) is -0.880. The third kappa shape index (κ3) is 4.08. The SMILES string of the molecule is COc1cccc2oc(-c3c(C(=O)NCCO)[nH]c4c(-c5ccccc5)c(C(F)(F)F)nn4c3=O)nc12. The van der Waals surface area contributed by atoms with Crippen LogP contribution in [-0.2, 0) is 6.18 Å². The van der Waals surface area contributed by atoms with Gasteiger partial charge in [0.15, 0.2) is 16.8 Å². The maximum Gasteiger partial charge on any atom is 0.435 e. The van der Waals surface area contributed by atoms with Crippen molar-refractivity contribution in [1.82, 2.24) is 24.9 Å². The molecule has 0 radical (unpaired) electrons. The van der Waals surface area contributed by atoms with Crippen LogP contribution in [0.15, 0.2) is 57.7 Å². The number of para-hydroxylation sites is 1. The number of carbonyl (C=O) groups excluding carboxylic acids is 1. The second-order valence-corrected chi connectivity index (χ2v) is 7.83. The van der Waals surface area contributed by atoms with Gasteiger partial charge in [-0.05, 0) is 17.7 Å². The first-order chi connectivity index (χ1) is 17.7. The van der Waals surface area contributed by atoms with Crippen LogP contribution in [0, 0.1) is 0 Å². The Hall–Kier alpha value is -4.65. The van der Waals surface area contributed by atoms with E-state index in [0.717, 1.165) is 0 Å². The third-order valence-electron chi connectivity index (χ3n) is 5.56. The van der Waals surface area contributed by atoms with Gasteiger partial charge in [-0.25, -0.2) is 4.98 Å². The average molecular weight is 513 g/mol. The van der Waals surface area contributed by atoms with Gasteiger partial charge < -0.3 is 24.6 Å². The number of hydrogen-bond donors (Lipinski definition) is 3. The lowest BCUT2D eigenvalue weighted by Crippen LogP contribution is -2.31. The second kappa shape index (κ2) is 9.09. The van der Waals surface area contributed by atoms with Gasteiger partial charge in [-0.15, -0.1) is 0 Å². The molecule has 0 aliphatic heterocycles. The maximum atomic E-state index is 14.0. The number of methoxy groups -OCH3 is 1. The zero-order valence-electron chi connectivity index (χ0n) is 19.1. The molecule has 0 saturated carbocycles. The fraction of sp³-hybridized carbons (Fsp3) is 0.167. The molecule has 13 heteroatoms. The van der Waals surface area contributed by atoms with Crippen LogP contribution < -0.4 is 15.6 Å². The van der Waals surface area contributed by atoms with Crippen molar-refractivity contribution in [3.05, 3.63) is 70.3 Å². The van der Waals surface area contributed by atoms with Gasteiger partial charge in [0, 0.05) is 6.54 Å². The number of carbonyl (C=O) groups is 1. The van der Waals surface area contributed by atoms with Crippen molar-refractivity contribution >= 4 is 22.7 Å². The molecule has 1 amide bonds. The Balaban J connectivity index is 1.87. The van der Waals surface area contributed by atoms with E-state index in [4.69, 9.17) is 14.3 Å². The van der Waals surface area contributed by atoms with Crippen molar-refractivity contribution in [3.63, 3.8) is 0 Å². The van der Waals surface area contributed by atoms with Gasteiger partial charge in [-0.3, -0.25) is 9.59 Å². The molecule has 0 spiro atoms. The van der Waals surface area contributed by atoms with Crippen molar-refractivity contribution in [3.8, 4) is 28.3 Å². The van der Waals surface area contributed by atoms with Gasteiger partial charge in [0.2, 0.25) is 5.89 Å². The van der Waals surface area contributed by atoms with Crippen molar-refractivity contribution in [1.29, 1.82) is 0 Å². The van der Waals surface area contributed by atoms with Crippen molar-refractivity contribution in [2.75, 3.05) is 20.3 Å². The summed E-state index contributed by atoms with van der Waals surface area (Å²) in [6.45, 7) is -0.584. The summed E-state index contributed by atoms with van der Waals surface area (Å²) >= 11 is 0. The molecule has 0 unspecified atom stereocenters. The number of hydrogen-bond acceptors (Lipinski definition) is 7. The van der Waals surface area contributed by atoms with Gasteiger partial charge in [-0.1, -0.05) is 36.4 Å². The highest BCUT2D eigenvalue weighted by atomic mass is 19.4. The minimum Gasteiger partial charge on any atom is -0.494 e. The van der Waals surface area contributed by atoms with Crippen LogP contribution in [0.3, 0.4) is 0 Å². The number of oxazole rings is 1. The van der Waals surface area contributed by atoms with E-state index in [1.807, 2.05) is 0 Å². The van der Waals surface area contributed by atoms with E-state index in [0.29, 0.717) is 10.3 Å². The van der Waals surface area contributed by atoms with E-state index in [2.05, 4.69) is 20.4 Å². The molecule has 0 aliphatic rings. The first-order valence-corrected chi connectivity index (χ1v) is 10.9. The molecule has 2 aromatic carbocycles. The van der Waals surface area contributed by atoms with E-state index in [1.54, 1.807) is 24.3 Å². The van der Waals surface area contributed by atoms with E-state index in [-0.39, 0.29) is 34.7 Å². The monoisotopic (exact) mass is 513 g/mol. The molecule has 0 fully saturated rings. The number of benzene rings is 2. The van der Waals surface area contributed by atoms with Crippen LogP contribution in [0.25, 0.3) is 39.3 Å². The Bertz CT molecular complexity index is 1690. The Kier molecular flexibility index (Phi) is 5.91. The lowest BCUT2D eigenvalue weighted by atomic mass is 10.1. The number of halogens is 3. The highest BCUT2D eigenvalue weighted by Gasteiger charge is 2.40. The molecule has 3 aromatic heterocycles. The topological polar surface area (TPSA) is 135 Å². The standard InChI is InChI=1S/C24H18F3N5O5/c1-36-13-8-5-9-14-17(13)30-22(37-14)16-18(21(34)28-10-11-33)29-20-15(12-6-3-2-4-7-12)19(24(25,26)27)31-32(20)23(16)35/h2-9,29,33H,10-11H2,1H3,(H,28,34). The largest absolute Gasteiger partial charge is 0.494 e. The highest BCUT2D eigenvalue weighted by Crippen LogP contribution is 2.38. The van der Waals surface area contributed by atoms with Crippen molar-refractivity contribution < 1.29 is 32.2 Å². The van der Waals surface area contributed by atoms with E-state index < -0.39 is 46.8 Å². The third-order valence-corrected chi connectivity index (χ3v) is 5.56. The Morgan fingerprint density at radius 3 is 2.59 bits per heavy atom. The number of aliphatic hydroxyl groups excluding tert-OH is 1. The van der Waals surface area contributed by atoms with Crippen LogP contribution in [0.1, 0.15) is 16.2 Å². The molecule has 5 rings (SSSR count). The predicted molar refractivity (Wildman–Crippen MR) is 125 cm³/mol. The molecular formula is C24H18F3N5O5. The summed E-state index contributed by atoms with van der Waals surface area (Å²) in [6.07, 6.45) is -4.91. The first kappa shape index (κ1) is 24.1. The number of aliphatic hydroxyl groups is 1. The molecule has 0 bridgehead atoms. The number of fused-ring (bicyclic) bond motifs is 2. The van der Waals surface area contributed by atoms with Crippen molar-refractivity contribution in [2.24, 2.45) is 0 Å². The smallest absolute Gasteiger partial charge is 0.435 e. The second-order valence-electron chi connectivity index (χ2n) is 7.83. The Morgan fingerprint density at radius 2 is 1.92 bits per heavy atom. The van der Waals surface area contributed by atoms with Crippen LogP contribution in [0.2, 0.25) is 0 Å². The Morgan fingerprint density at radius 1 is 1.16 bits per heavy atom. The summed E-state index contributed by atoms with van der Waals surface area (Å²) in [7, 11) is 1.41. The first-order valence-electron chi connectivity index (χ1n) is 10.9. The fourth-order valence-electron chi connectivity index (χ4n) is 3.97. The fourth-order valence-corrected chi connectivity index (χ4v) is 3.97. The van der Waals surface area contributed by atoms with Gasteiger partial charge in [0.05, 0.1) is 19.3 Å². The quantitative estimate of drug-likeness (QED) is 0.317. The number of amides is 1. The number of rotatable bonds is 6. The lowest BCUT2D eigenvalue weighted by Gasteiger charge is -2.09. The number of nitrogens with zero attached hydrogens (tertiary/aromatic N) is 3. The summed E-state index contributed by atoms with van der Waals surface area (Å²) < 4.78 is 53.6. The normalized spacial score (nSPS) is 11.8. The molecular weight excluding hydrogens is 495 g/mol. The number of aromatic nitrogens is 4. The van der Waals surface area contributed by atoms with Gasteiger partial charge in [-0.2, -0.15) is 22.8 Å². The number of alkyl halides is 3. The molecule has 3 heterocycles. The number of ether oxygens (including phenoxy) is 1. The van der Waals surface area contributed by atoms with E-state index in [9.17, 15) is 22.8 Å². The van der Waals surface area contributed by atoms with E-state index in [1.165, 1.54) is 31.4 Å². The van der Waals surface area contributed by atoms with E-state index >= 15 is 0 Å². The van der Waals surface area contributed by atoms with Crippen LogP contribution in [-0.4, -0.2) is 50.9 Å². The average Bonchev–Trinajstić information content (AvgIpc) is 3.49. The number of nitrogens with one attached hydrogen (secondary N) is 2. The van der Waals surface area contributed by atoms with Crippen LogP contribution >= 0.6 is 0 Å². The zero-order valence-corrected chi connectivity index (χ0v) is 19.1. The molecule has 5 aromatic rings. The van der Waals surface area contributed by atoms with Crippen LogP contribution in [0.4, 0.5) is 13.2 Å². The minimum atomic E-state index is -4.91. The molecule has 0 aliphatic carbocycles. The molecule has 37 heavy (non-hydrogen) atoms. The highest BCUT2D eigenvalue weighted by molar-refractivity contribution is 5.99. The number of aromatic amines is 1. The summed E-state index contributed by atoms with van der Waals surface area (Å²) in [5, 5.41) is 15.1. The maximum absolute atomic E-state index is 14.0. The molecule has 3 N–H and O–H groups in total. The van der Waals surface area contributed by atoms with Gasteiger partial charge in [0.25, 0.3) is 11.5 Å². The zero-order chi connectivity index (χ0) is 26.3.